The maximum Gasteiger partial charge on any atom is 0.119 e. The third-order valence-corrected chi connectivity index (χ3v) is 3.97. The Balaban J connectivity index is 2.83. The lowest BCUT2D eigenvalue weighted by molar-refractivity contribution is 0.0536. The van der Waals surface area contributed by atoms with E-state index in [0.717, 1.165) is 11.1 Å². The van der Waals surface area contributed by atoms with E-state index in [9.17, 15) is 10.2 Å². The molecule has 1 rings (SSSR count). The van der Waals surface area contributed by atoms with Crippen molar-refractivity contribution in [3.05, 3.63) is 66.3 Å². The third-order valence-electron chi connectivity index (χ3n) is 3.97. The fourth-order valence-corrected chi connectivity index (χ4v) is 2.24. The molecule has 0 amide bonds. The standard InChI is InChI=1S/C21H30O4/c1-6-16(21(4,5)24)8-7-13-20(2,3)17-9-11-19(12-10-17)25-15-18(23)14-22/h6-13,18,22-24H,1,14-15H2,2-5H3/b13-7+,16-8+. The number of hydrogen-bond acceptors (Lipinski definition) is 4. The second-order valence-corrected chi connectivity index (χ2v) is 7.14. The molecule has 1 atom stereocenters. The predicted molar refractivity (Wildman–Crippen MR) is 102 cm³/mol. The number of ether oxygens (including phenoxy) is 1. The summed E-state index contributed by atoms with van der Waals surface area (Å²) in [7, 11) is 0. The van der Waals surface area contributed by atoms with Gasteiger partial charge in [-0.2, -0.15) is 0 Å². The van der Waals surface area contributed by atoms with Gasteiger partial charge in [0, 0.05) is 5.41 Å². The number of allylic oxidation sites excluding steroid dienone is 3. The first-order chi connectivity index (χ1) is 11.6. The summed E-state index contributed by atoms with van der Waals surface area (Å²) < 4.78 is 5.41. The largest absolute Gasteiger partial charge is 0.491 e. The molecule has 1 aromatic rings. The molecule has 3 N–H and O–H groups in total. The molecule has 0 spiro atoms. The van der Waals surface area contributed by atoms with Gasteiger partial charge in [-0.15, -0.1) is 0 Å². The van der Waals surface area contributed by atoms with Gasteiger partial charge in [-0.1, -0.05) is 56.9 Å². The van der Waals surface area contributed by atoms with E-state index in [-0.39, 0.29) is 18.6 Å². The summed E-state index contributed by atoms with van der Waals surface area (Å²) in [5.41, 5.74) is 0.737. The van der Waals surface area contributed by atoms with Crippen LogP contribution in [0.2, 0.25) is 0 Å². The van der Waals surface area contributed by atoms with Crippen molar-refractivity contribution in [3.8, 4) is 5.75 Å². The summed E-state index contributed by atoms with van der Waals surface area (Å²) in [6.45, 7) is 11.1. The molecule has 0 saturated carbocycles. The lowest BCUT2D eigenvalue weighted by atomic mass is 9.84. The highest BCUT2D eigenvalue weighted by molar-refractivity contribution is 5.36. The van der Waals surface area contributed by atoms with Crippen LogP contribution in [0.5, 0.6) is 5.75 Å². The van der Waals surface area contributed by atoms with Crippen molar-refractivity contribution in [1.82, 2.24) is 0 Å². The molecule has 0 saturated heterocycles. The Morgan fingerprint density at radius 3 is 2.28 bits per heavy atom. The molecule has 0 heterocycles. The van der Waals surface area contributed by atoms with E-state index in [1.807, 2.05) is 36.4 Å². The van der Waals surface area contributed by atoms with Gasteiger partial charge in [0.25, 0.3) is 0 Å². The molecule has 25 heavy (non-hydrogen) atoms. The topological polar surface area (TPSA) is 69.9 Å². The average Bonchev–Trinajstić information content (AvgIpc) is 2.55. The number of benzene rings is 1. The van der Waals surface area contributed by atoms with Crippen LogP contribution < -0.4 is 4.74 Å². The first kappa shape index (κ1) is 21.2. The predicted octanol–water partition coefficient (Wildman–Crippen LogP) is 3.14. The van der Waals surface area contributed by atoms with Crippen molar-refractivity contribution in [2.75, 3.05) is 13.2 Å². The zero-order valence-electron chi connectivity index (χ0n) is 15.6. The molecular weight excluding hydrogens is 316 g/mol. The van der Waals surface area contributed by atoms with Crippen molar-refractivity contribution in [2.45, 2.75) is 44.8 Å². The van der Waals surface area contributed by atoms with Gasteiger partial charge in [0.2, 0.25) is 0 Å². The van der Waals surface area contributed by atoms with Crippen LogP contribution in [-0.2, 0) is 5.41 Å². The van der Waals surface area contributed by atoms with Crippen LogP contribution in [-0.4, -0.2) is 40.2 Å². The molecular formula is C21H30O4. The quantitative estimate of drug-likeness (QED) is 0.601. The summed E-state index contributed by atoms with van der Waals surface area (Å²) in [6, 6.07) is 7.63. The number of rotatable bonds is 9. The van der Waals surface area contributed by atoms with E-state index in [1.165, 1.54) is 0 Å². The molecule has 0 fully saturated rings. The minimum absolute atomic E-state index is 0.0607. The lowest BCUT2D eigenvalue weighted by Crippen LogP contribution is -2.21. The van der Waals surface area contributed by atoms with Crippen LogP contribution in [0.25, 0.3) is 0 Å². The van der Waals surface area contributed by atoms with E-state index >= 15 is 0 Å². The van der Waals surface area contributed by atoms with Gasteiger partial charge in [0.15, 0.2) is 0 Å². The van der Waals surface area contributed by atoms with Crippen molar-refractivity contribution < 1.29 is 20.1 Å². The highest BCUT2D eigenvalue weighted by atomic mass is 16.5. The Bertz CT molecular complexity index is 604. The Morgan fingerprint density at radius 1 is 1.20 bits per heavy atom. The number of hydrogen-bond donors (Lipinski definition) is 3. The van der Waals surface area contributed by atoms with Crippen LogP contribution in [0.15, 0.2) is 60.7 Å². The van der Waals surface area contributed by atoms with Crippen molar-refractivity contribution in [1.29, 1.82) is 0 Å². The molecule has 0 radical (unpaired) electrons. The molecule has 138 valence electrons. The molecule has 4 heteroatoms. The fourth-order valence-electron chi connectivity index (χ4n) is 2.24. The molecule has 0 aliphatic rings. The summed E-state index contributed by atoms with van der Waals surface area (Å²) >= 11 is 0. The van der Waals surface area contributed by atoms with Gasteiger partial charge >= 0.3 is 0 Å². The van der Waals surface area contributed by atoms with E-state index in [4.69, 9.17) is 9.84 Å². The minimum atomic E-state index is -0.922. The maximum atomic E-state index is 10.0. The van der Waals surface area contributed by atoms with Crippen molar-refractivity contribution in [2.24, 2.45) is 0 Å². The monoisotopic (exact) mass is 346 g/mol. The van der Waals surface area contributed by atoms with Gasteiger partial charge in [-0.3, -0.25) is 0 Å². The highest BCUT2D eigenvalue weighted by Gasteiger charge is 2.18. The Kier molecular flexibility index (Phi) is 7.61. The molecule has 0 aliphatic carbocycles. The van der Waals surface area contributed by atoms with Crippen LogP contribution in [0, 0.1) is 0 Å². The zero-order chi connectivity index (χ0) is 19.1. The van der Waals surface area contributed by atoms with Gasteiger partial charge in [-0.05, 0) is 37.1 Å². The Hall–Kier alpha value is -1.88. The van der Waals surface area contributed by atoms with Crippen LogP contribution in [0.1, 0.15) is 33.3 Å². The van der Waals surface area contributed by atoms with Gasteiger partial charge in [0.1, 0.15) is 18.5 Å². The second-order valence-electron chi connectivity index (χ2n) is 7.14. The number of aliphatic hydroxyl groups excluding tert-OH is 2. The summed E-state index contributed by atoms with van der Waals surface area (Å²) in [5.74, 6) is 0.645. The van der Waals surface area contributed by atoms with Crippen molar-refractivity contribution >= 4 is 0 Å². The highest BCUT2D eigenvalue weighted by Crippen LogP contribution is 2.27. The Morgan fingerprint density at radius 2 is 1.80 bits per heavy atom. The van der Waals surface area contributed by atoms with Crippen LogP contribution in [0.3, 0.4) is 0 Å². The molecule has 1 unspecified atom stereocenters. The molecule has 1 aromatic carbocycles. The van der Waals surface area contributed by atoms with Crippen molar-refractivity contribution in [3.63, 3.8) is 0 Å². The van der Waals surface area contributed by atoms with Gasteiger partial charge in [0.05, 0.1) is 12.2 Å². The summed E-state index contributed by atoms with van der Waals surface area (Å²) in [5, 5.41) is 28.1. The normalized spacial score (nSPS) is 14.6. The van der Waals surface area contributed by atoms with Crippen LogP contribution in [0.4, 0.5) is 0 Å². The summed E-state index contributed by atoms with van der Waals surface area (Å²) in [6.07, 6.45) is 6.64. The second kappa shape index (κ2) is 8.99. The maximum absolute atomic E-state index is 10.0. The van der Waals surface area contributed by atoms with E-state index in [0.29, 0.717) is 5.75 Å². The fraction of sp³-hybridized carbons (Fsp3) is 0.429. The first-order valence-electron chi connectivity index (χ1n) is 8.37. The molecule has 0 aliphatic heterocycles. The number of aliphatic hydroxyl groups is 3. The smallest absolute Gasteiger partial charge is 0.119 e. The molecule has 4 nitrogen and oxygen atoms in total. The molecule has 0 aromatic heterocycles. The third kappa shape index (κ3) is 6.86. The van der Waals surface area contributed by atoms with Gasteiger partial charge < -0.3 is 20.1 Å². The summed E-state index contributed by atoms with van der Waals surface area (Å²) in [4.78, 5) is 0. The van der Waals surface area contributed by atoms with Crippen LogP contribution >= 0.6 is 0 Å². The van der Waals surface area contributed by atoms with E-state index in [2.05, 4.69) is 26.5 Å². The average molecular weight is 346 g/mol. The van der Waals surface area contributed by atoms with Gasteiger partial charge in [-0.25, -0.2) is 0 Å². The van der Waals surface area contributed by atoms with E-state index in [1.54, 1.807) is 19.9 Å². The lowest BCUT2D eigenvalue weighted by Gasteiger charge is -2.22. The first-order valence-corrected chi connectivity index (χ1v) is 8.37. The minimum Gasteiger partial charge on any atom is -0.491 e. The van der Waals surface area contributed by atoms with E-state index < -0.39 is 11.7 Å². The molecule has 0 bridgehead atoms. The SMILES string of the molecule is C=C/C(=C\C=C\C(C)(C)c1ccc(OCC(O)CO)cc1)C(C)(C)O. The Labute approximate surface area is 150 Å². The zero-order valence-corrected chi connectivity index (χ0v) is 15.6.